The van der Waals surface area contributed by atoms with Crippen LogP contribution in [0.5, 0.6) is 5.75 Å². The lowest BCUT2D eigenvalue weighted by Crippen LogP contribution is -2.01. The Morgan fingerprint density at radius 2 is 2.31 bits per heavy atom. The summed E-state index contributed by atoms with van der Waals surface area (Å²) < 4.78 is 6.91. The van der Waals surface area contributed by atoms with E-state index in [1.54, 1.807) is 24.1 Å². The maximum Gasteiger partial charge on any atom is 0.307 e. The van der Waals surface area contributed by atoms with Gasteiger partial charge in [-0.15, -0.1) is 0 Å². The van der Waals surface area contributed by atoms with Gasteiger partial charge >= 0.3 is 5.97 Å². The van der Waals surface area contributed by atoms with E-state index in [0.29, 0.717) is 11.3 Å². The minimum atomic E-state index is -0.858. The molecule has 0 bridgehead atoms. The molecule has 0 radical (unpaired) electrons. The maximum atomic E-state index is 10.7. The molecule has 0 saturated carbocycles. The molecule has 0 aliphatic rings. The number of fused-ring (bicyclic) bond motifs is 1. The Balaban J connectivity index is 2.60. The Kier molecular flexibility index (Phi) is 2.52. The highest BCUT2D eigenvalue weighted by Crippen LogP contribution is 2.27. The number of aliphatic carboxylic acids is 1. The zero-order chi connectivity index (χ0) is 11.7. The van der Waals surface area contributed by atoms with Crippen LogP contribution >= 0.6 is 0 Å². The Morgan fingerprint density at radius 3 is 2.94 bits per heavy atom. The van der Waals surface area contributed by atoms with Crippen molar-refractivity contribution in [1.29, 1.82) is 0 Å². The van der Waals surface area contributed by atoms with Gasteiger partial charge in [0.05, 0.1) is 30.6 Å². The number of benzene rings is 1. The van der Waals surface area contributed by atoms with Crippen LogP contribution in [0.25, 0.3) is 10.9 Å². The van der Waals surface area contributed by atoms with Gasteiger partial charge in [0.2, 0.25) is 0 Å². The third kappa shape index (κ3) is 1.71. The number of ether oxygens (including phenoxy) is 1. The molecular weight excluding hydrogens is 208 g/mol. The molecule has 0 spiro atoms. The van der Waals surface area contributed by atoms with Crippen LogP contribution in [0.1, 0.15) is 5.56 Å². The third-order valence-electron chi connectivity index (χ3n) is 2.46. The van der Waals surface area contributed by atoms with Crippen molar-refractivity contribution in [2.75, 3.05) is 7.11 Å². The molecule has 1 heterocycles. The lowest BCUT2D eigenvalue weighted by Gasteiger charge is -2.05. The summed E-state index contributed by atoms with van der Waals surface area (Å²) >= 11 is 0. The van der Waals surface area contributed by atoms with Crippen LogP contribution in [0.2, 0.25) is 0 Å². The molecule has 5 heteroatoms. The first kappa shape index (κ1) is 10.5. The largest absolute Gasteiger partial charge is 0.496 e. The summed E-state index contributed by atoms with van der Waals surface area (Å²) in [7, 11) is 3.37. The van der Waals surface area contributed by atoms with E-state index in [-0.39, 0.29) is 6.42 Å². The molecule has 2 aromatic rings. The first-order valence-corrected chi connectivity index (χ1v) is 4.82. The van der Waals surface area contributed by atoms with Gasteiger partial charge in [-0.3, -0.25) is 9.48 Å². The van der Waals surface area contributed by atoms with Gasteiger partial charge in [0.25, 0.3) is 0 Å². The first-order chi connectivity index (χ1) is 7.61. The van der Waals surface area contributed by atoms with Crippen LogP contribution in [0.15, 0.2) is 18.3 Å². The van der Waals surface area contributed by atoms with E-state index >= 15 is 0 Å². The predicted octanol–water partition coefficient (Wildman–Crippen LogP) is 1.21. The van der Waals surface area contributed by atoms with Crippen molar-refractivity contribution in [3.8, 4) is 5.75 Å². The number of hydrogen-bond donors (Lipinski definition) is 1. The quantitative estimate of drug-likeness (QED) is 0.844. The van der Waals surface area contributed by atoms with Gasteiger partial charge in [0.15, 0.2) is 0 Å². The fourth-order valence-corrected chi connectivity index (χ4v) is 1.72. The lowest BCUT2D eigenvalue weighted by molar-refractivity contribution is -0.136. The zero-order valence-corrected chi connectivity index (χ0v) is 9.10. The van der Waals surface area contributed by atoms with Crippen molar-refractivity contribution < 1.29 is 14.6 Å². The molecule has 0 amide bonds. The Bertz CT molecular complexity index is 545. The number of aryl methyl sites for hydroxylation is 1. The second kappa shape index (κ2) is 3.84. The molecule has 2 rings (SSSR count). The number of nitrogens with zero attached hydrogens (tertiary/aromatic N) is 2. The van der Waals surface area contributed by atoms with Gasteiger partial charge in [0.1, 0.15) is 5.75 Å². The summed E-state index contributed by atoms with van der Waals surface area (Å²) in [5.41, 5.74) is 1.58. The highest BCUT2D eigenvalue weighted by molar-refractivity contribution is 5.87. The SMILES string of the molecule is COc1cc(CC(=O)O)cc2c1cnn2C. The standard InChI is InChI=1S/C11H12N2O3/c1-13-9-3-7(5-11(14)15)4-10(16-2)8(9)6-12-13/h3-4,6H,5H2,1-2H3,(H,14,15). The molecular formula is C11H12N2O3. The first-order valence-electron chi connectivity index (χ1n) is 4.82. The van der Waals surface area contributed by atoms with Gasteiger partial charge in [0, 0.05) is 7.05 Å². The monoisotopic (exact) mass is 220 g/mol. The van der Waals surface area contributed by atoms with E-state index in [2.05, 4.69) is 5.10 Å². The second-order valence-electron chi connectivity index (χ2n) is 3.57. The van der Waals surface area contributed by atoms with Crippen LogP contribution < -0.4 is 4.74 Å². The van der Waals surface area contributed by atoms with Crippen molar-refractivity contribution in [2.24, 2.45) is 7.05 Å². The van der Waals surface area contributed by atoms with Crippen molar-refractivity contribution in [3.63, 3.8) is 0 Å². The Morgan fingerprint density at radius 1 is 1.56 bits per heavy atom. The molecule has 0 unspecified atom stereocenters. The molecule has 0 aliphatic heterocycles. The van der Waals surface area contributed by atoms with Gasteiger partial charge < -0.3 is 9.84 Å². The van der Waals surface area contributed by atoms with E-state index in [9.17, 15) is 4.79 Å². The van der Waals surface area contributed by atoms with Crippen molar-refractivity contribution >= 4 is 16.9 Å². The molecule has 84 valence electrons. The highest BCUT2D eigenvalue weighted by atomic mass is 16.5. The minimum Gasteiger partial charge on any atom is -0.496 e. The van der Waals surface area contributed by atoms with E-state index in [1.807, 2.05) is 13.1 Å². The van der Waals surface area contributed by atoms with Crippen LogP contribution in [-0.4, -0.2) is 28.0 Å². The molecule has 1 aromatic carbocycles. The molecule has 16 heavy (non-hydrogen) atoms. The van der Waals surface area contributed by atoms with Gasteiger partial charge in [-0.1, -0.05) is 0 Å². The number of hydrogen-bond acceptors (Lipinski definition) is 3. The number of carboxylic acids is 1. The molecule has 0 fully saturated rings. The molecule has 1 aromatic heterocycles. The molecule has 1 N–H and O–H groups in total. The highest BCUT2D eigenvalue weighted by Gasteiger charge is 2.10. The lowest BCUT2D eigenvalue weighted by atomic mass is 10.1. The Hall–Kier alpha value is -2.04. The molecule has 0 saturated heterocycles. The van der Waals surface area contributed by atoms with E-state index in [0.717, 1.165) is 10.9 Å². The number of carboxylic acid groups (broad SMARTS) is 1. The summed E-state index contributed by atoms with van der Waals surface area (Å²) in [4.78, 5) is 10.7. The molecule has 5 nitrogen and oxygen atoms in total. The van der Waals surface area contributed by atoms with E-state index in [1.165, 1.54) is 0 Å². The summed E-state index contributed by atoms with van der Waals surface area (Å²) in [6.45, 7) is 0. The predicted molar refractivity (Wildman–Crippen MR) is 58.6 cm³/mol. The summed E-state index contributed by atoms with van der Waals surface area (Å²) in [6.07, 6.45) is 1.69. The summed E-state index contributed by atoms with van der Waals surface area (Å²) in [6, 6.07) is 3.55. The number of carbonyl (C=O) groups is 1. The van der Waals surface area contributed by atoms with E-state index in [4.69, 9.17) is 9.84 Å². The number of aromatic nitrogens is 2. The van der Waals surface area contributed by atoms with Crippen LogP contribution in [0.3, 0.4) is 0 Å². The van der Waals surface area contributed by atoms with Crippen LogP contribution in [-0.2, 0) is 18.3 Å². The van der Waals surface area contributed by atoms with Gasteiger partial charge in [-0.05, 0) is 17.7 Å². The summed E-state index contributed by atoms with van der Waals surface area (Å²) in [5, 5.41) is 13.8. The van der Waals surface area contributed by atoms with E-state index < -0.39 is 5.97 Å². The molecule has 0 aliphatic carbocycles. The maximum absolute atomic E-state index is 10.7. The molecule has 0 atom stereocenters. The third-order valence-corrected chi connectivity index (χ3v) is 2.46. The van der Waals surface area contributed by atoms with Crippen molar-refractivity contribution in [3.05, 3.63) is 23.9 Å². The number of rotatable bonds is 3. The van der Waals surface area contributed by atoms with Crippen molar-refractivity contribution in [1.82, 2.24) is 9.78 Å². The fraction of sp³-hybridized carbons (Fsp3) is 0.273. The van der Waals surface area contributed by atoms with Gasteiger partial charge in [-0.2, -0.15) is 5.10 Å². The minimum absolute atomic E-state index is 0.0164. The van der Waals surface area contributed by atoms with Crippen LogP contribution in [0, 0.1) is 0 Å². The van der Waals surface area contributed by atoms with Gasteiger partial charge in [-0.25, -0.2) is 0 Å². The fourth-order valence-electron chi connectivity index (χ4n) is 1.72. The zero-order valence-electron chi connectivity index (χ0n) is 9.10. The smallest absolute Gasteiger partial charge is 0.307 e. The average molecular weight is 220 g/mol. The second-order valence-corrected chi connectivity index (χ2v) is 3.57. The number of methoxy groups -OCH3 is 1. The Labute approximate surface area is 92.2 Å². The summed E-state index contributed by atoms with van der Waals surface area (Å²) in [5.74, 6) is -0.203. The van der Waals surface area contributed by atoms with Crippen molar-refractivity contribution in [2.45, 2.75) is 6.42 Å². The topological polar surface area (TPSA) is 64.3 Å². The average Bonchev–Trinajstić information content (AvgIpc) is 2.59. The van der Waals surface area contributed by atoms with Crippen LogP contribution in [0.4, 0.5) is 0 Å². The normalized spacial score (nSPS) is 10.6.